The number of benzene rings is 1. The molecule has 0 fully saturated rings. The summed E-state index contributed by atoms with van der Waals surface area (Å²) in [5.74, 6) is 0. The van der Waals surface area contributed by atoms with E-state index in [0.717, 1.165) is 5.56 Å². The number of hydrogen-bond acceptors (Lipinski definition) is 2. The summed E-state index contributed by atoms with van der Waals surface area (Å²) in [7, 11) is 1.60. The quantitative estimate of drug-likeness (QED) is 0.738. The summed E-state index contributed by atoms with van der Waals surface area (Å²) >= 11 is 0. The third kappa shape index (κ3) is 1.65. The summed E-state index contributed by atoms with van der Waals surface area (Å²) in [6.45, 7) is 1.86. The van der Waals surface area contributed by atoms with E-state index in [4.69, 9.17) is 9.84 Å². The second-order valence-electron chi connectivity index (χ2n) is 2.96. The number of ether oxygens (including phenoxy) is 1. The van der Waals surface area contributed by atoms with Crippen LogP contribution in [0.1, 0.15) is 12.5 Å². The molecule has 0 bridgehead atoms. The average Bonchev–Trinajstić information content (AvgIpc) is 2.18. The van der Waals surface area contributed by atoms with Gasteiger partial charge in [0.05, 0.1) is 6.61 Å². The van der Waals surface area contributed by atoms with Crippen LogP contribution in [0.2, 0.25) is 0 Å². The zero-order chi connectivity index (χ0) is 9.03. The van der Waals surface area contributed by atoms with Gasteiger partial charge in [-0.2, -0.15) is 0 Å². The minimum Gasteiger partial charge on any atom is -0.393 e. The van der Waals surface area contributed by atoms with E-state index in [1.807, 2.05) is 37.3 Å². The Balaban J connectivity index is 2.95. The standard InChI is InChI=1S/C10H14O2/c1-10(8-11,12-2)9-6-4-3-5-7-9/h3-7,11H,8H2,1-2H3/t10-/m1/s1. The molecule has 0 aromatic heterocycles. The highest BCUT2D eigenvalue weighted by atomic mass is 16.5. The molecule has 12 heavy (non-hydrogen) atoms. The maximum atomic E-state index is 9.11. The van der Waals surface area contributed by atoms with Crippen molar-refractivity contribution in [2.45, 2.75) is 12.5 Å². The highest BCUT2D eigenvalue weighted by Gasteiger charge is 2.24. The van der Waals surface area contributed by atoms with Crippen molar-refractivity contribution in [1.29, 1.82) is 0 Å². The highest BCUT2D eigenvalue weighted by molar-refractivity contribution is 5.21. The maximum absolute atomic E-state index is 9.11. The van der Waals surface area contributed by atoms with Crippen molar-refractivity contribution in [1.82, 2.24) is 0 Å². The molecule has 1 N–H and O–H groups in total. The monoisotopic (exact) mass is 166 g/mol. The van der Waals surface area contributed by atoms with Crippen molar-refractivity contribution in [3.8, 4) is 0 Å². The minimum atomic E-state index is -0.568. The Kier molecular flexibility index (Phi) is 2.84. The molecule has 2 nitrogen and oxygen atoms in total. The molecule has 0 saturated heterocycles. The molecule has 0 aliphatic heterocycles. The molecule has 0 amide bonds. The SMILES string of the molecule is CO[C@](C)(CO)c1ccccc1. The third-order valence-corrected chi connectivity index (χ3v) is 2.14. The van der Waals surface area contributed by atoms with Crippen LogP contribution in [0.3, 0.4) is 0 Å². The molecular formula is C10H14O2. The van der Waals surface area contributed by atoms with E-state index >= 15 is 0 Å². The molecule has 0 aliphatic carbocycles. The second-order valence-corrected chi connectivity index (χ2v) is 2.96. The molecule has 0 heterocycles. The number of aliphatic hydroxyl groups is 1. The fourth-order valence-corrected chi connectivity index (χ4v) is 1.06. The van der Waals surface area contributed by atoms with E-state index < -0.39 is 5.60 Å². The van der Waals surface area contributed by atoms with Gasteiger partial charge in [0.1, 0.15) is 5.60 Å². The summed E-state index contributed by atoms with van der Waals surface area (Å²) < 4.78 is 5.22. The van der Waals surface area contributed by atoms with E-state index in [1.165, 1.54) is 0 Å². The van der Waals surface area contributed by atoms with Gasteiger partial charge in [0.25, 0.3) is 0 Å². The van der Waals surface area contributed by atoms with Crippen LogP contribution in [0.5, 0.6) is 0 Å². The van der Waals surface area contributed by atoms with Crippen molar-refractivity contribution in [3.63, 3.8) is 0 Å². The van der Waals surface area contributed by atoms with Gasteiger partial charge in [0.15, 0.2) is 0 Å². The van der Waals surface area contributed by atoms with Crippen LogP contribution in [0.4, 0.5) is 0 Å². The first-order valence-corrected chi connectivity index (χ1v) is 3.94. The average molecular weight is 166 g/mol. The zero-order valence-electron chi connectivity index (χ0n) is 7.45. The molecule has 0 unspecified atom stereocenters. The molecule has 1 aromatic rings. The molecule has 0 saturated carbocycles. The van der Waals surface area contributed by atoms with Crippen LogP contribution in [-0.2, 0) is 10.3 Å². The predicted octanol–water partition coefficient (Wildman–Crippen LogP) is 1.54. The van der Waals surface area contributed by atoms with E-state index in [9.17, 15) is 0 Å². The van der Waals surface area contributed by atoms with Crippen molar-refractivity contribution in [2.24, 2.45) is 0 Å². The zero-order valence-corrected chi connectivity index (χ0v) is 7.45. The van der Waals surface area contributed by atoms with Crippen LogP contribution in [0.25, 0.3) is 0 Å². The topological polar surface area (TPSA) is 29.5 Å². The second kappa shape index (κ2) is 3.70. The molecule has 1 atom stereocenters. The maximum Gasteiger partial charge on any atom is 0.113 e. The van der Waals surface area contributed by atoms with Gasteiger partial charge in [-0.05, 0) is 12.5 Å². The Hall–Kier alpha value is -0.860. The lowest BCUT2D eigenvalue weighted by Crippen LogP contribution is -2.28. The molecule has 1 rings (SSSR count). The van der Waals surface area contributed by atoms with Crippen molar-refractivity contribution >= 4 is 0 Å². The van der Waals surface area contributed by atoms with Crippen molar-refractivity contribution in [2.75, 3.05) is 13.7 Å². The summed E-state index contributed by atoms with van der Waals surface area (Å²) in [5.41, 5.74) is 0.427. The predicted molar refractivity (Wildman–Crippen MR) is 47.9 cm³/mol. The molecule has 2 heteroatoms. The Morgan fingerprint density at radius 2 is 1.92 bits per heavy atom. The first-order chi connectivity index (χ1) is 5.73. The van der Waals surface area contributed by atoms with Gasteiger partial charge < -0.3 is 9.84 Å². The normalized spacial score (nSPS) is 15.6. The Morgan fingerprint density at radius 1 is 1.33 bits per heavy atom. The van der Waals surface area contributed by atoms with Crippen LogP contribution in [-0.4, -0.2) is 18.8 Å². The van der Waals surface area contributed by atoms with Gasteiger partial charge in [0, 0.05) is 7.11 Å². The first-order valence-electron chi connectivity index (χ1n) is 3.94. The summed E-state index contributed by atoms with van der Waals surface area (Å²) in [6, 6.07) is 9.70. The lowest BCUT2D eigenvalue weighted by atomic mass is 9.97. The summed E-state index contributed by atoms with van der Waals surface area (Å²) in [5, 5.41) is 9.11. The van der Waals surface area contributed by atoms with Crippen LogP contribution in [0, 0.1) is 0 Å². The number of hydrogen-bond donors (Lipinski definition) is 1. The first kappa shape index (κ1) is 9.23. The van der Waals surface area contributed by atoms with Gasteiger partial charge in [-0.15, -0.1) is 0 Å². The smallest absolute Gasteiger partial charge is 0.113 e. The van der Waals surface area contributed by atoms with E-state index in [-0.39, 0.29) is 6.61 Å². The fourth-order valence-electron chi connectivity index (χ4n) is 1.06. The van der Waals surface area contributed by atoms with Crippen molar-refractivity contribution in [3.05, 3.63) is 35.9 Å². The number of aliphatic hydroxyl groups excluding tert-OH is 1. The molecule has 0 radical (unpaired) electrons. The minimum absolute atomic E-state index is 0.00644. The van der Waals surface area contributed by atoms with Gasteiger partial charge >= 0.3 is 0 Å². The summed E-state index contributed by atoms with van der Waals surface area (Å²) in [6.07, 6.45) is 0. The van der Waals surface area contributed by atoms with Gasteiger partial charge in [-0.3, -0.25) is 0 Å². The molecule has 0 spiro atoms. The van der Waals surface area contributed by atoms with E-state index in [0.29, 0.717) is 0 Å². The molecule has 66 valence electrons. The van der Waals surface area contributed by atoms with Crippen molar-refractivity contribution < 1.29 is 9.84 Å². The molecular weight excluding hydrogens is 152 g/mol. The van der Waals surface area contributed by atoms with Gasteiger partial charge in [0.2, 0.25) is 0 Å². The van der Waals surface area contributed by atoms with E-state index in [2.05, 4.69) is 0 Å². The van der Waals surface area contributed by atoms with Crippen LogP contribution in [0.15, 0.2) is 30.3 Å². The Bertz CT molecular complexity index is 227. The summed E-state index contributed by atoms with van der Waals surface area (Å²) in [4.78, 5) is 0. The van der Waals surface area contributed by atoms with Crippen LogP contribution < -0.4 is 0 Å². The molecule has 1 aromatic carbocycles. The third-order valence-electron chi connectivity index (χ3n) is 2.14. The Labute approximate surface area is 72.8 Å². The van der Waals surface area contributed by atoms with Crippen LogP contribution >= 0.6 is 0 Å². The number of rotatable bonds is 3. The van der Waals surface area contributed by atoms with Gasteiger partial charge in [-0.25, -0.2) is 0 Å². The largest absolute Gasteiger partial charge is 0.393 e. The fraction of sp³-hybridized carbons (Fsp3) is 0.400. The lowest BCUT2D eigenvalue weighted by Gasteiger charge is -2.25. The van der Waals surface area contributed by atoms with E-state index in [1.54, 1.807) is 7.11 Å². The van der Waals surface area contributed by atoms with Gasteiger partial charge in [-0.1, -0.05) is 30.3 Å². The highest BCUT2D eigenvalue weighted by Crippen LogP contribution is 2.22. The lowest BCUT2D eigenvalue weighted by molar-refractivity contribution is -0.0422. The Morgan fingerprint density at radius 3 is 2.33 bits per heavy atom. The number of methoxy groups -OCH3 is 1. The molecule has 0 aliphatic rings.